The maximum atomic E-state index is 12.1. The van der Waals surface area contributed by atoms with Crippen LogP contribution in [0.2, 0.25) is 0 Å². The van der Waals surface area contributed by atoms with E-state index >= 15 is 0 Å². The van der Waals surface area contributed by atoms with Crippen LogP contribution in [0.5, 0.6) is 0 Å². The maximum Gasteiger partial charge on any atom is 0.411 e. The lowest BCUT2D eigenvalue weighted by molar-refractivity contribution is -0.148. The highest BCUT2D eigenvalue weighted by Crippen LogP contribution is 2.21. The van der Waals surface area contributed by atoms with Gasteiger partial charge in [0.2, 0.25) is 0 Å². The molecule has 1 rings (SSSR count). The minimum Gasteiger partial charge on any atom is -0.464 e. The van der Waals surface area contributed by atoms with E-state index in [2.05, 4.69) is 6.92 Å². The number of rotatable bonds is 5. The van der Waals surface area contributed by atoms with E-state index in [0.717, 1.165) is 12.8 Å². The van der Waals surface area contributed by atoms with Crippen LogP contribution in [-0.4, -0.2) is 41.8 Å². The van der Waals surface area contributed by atoms with E-state index in [9.17, 15) is 9.59 Å². The molecule has 0 aromatic carbocycles. The van der Waals surface area contributed by atoms with Crippen molar-refractivity contribution in [3.63, 3.8) is 0 Å². The number of carbonyl (C=O) groups excluding carboxylic acids is 2. The van der Waals surface area contributed by atoms with E-state index < -0.39 is 17.7 Å². The van der Waals surface area contributed by atoms with Crippen LogP contribution in [0.4, 0.5) is 4.79 Å². The Balaban J connectivity index is 2.46. The van der Waals surface area contributed by atoms with Gasteiger partial charge >= 0.3 is 12.1 Å². The van der Waals surface area contributed by atoms with Crippen molar-refractivity contribution in [3.05, 3.63) is 12.2 Å². The molecule has 1 fully saturated rings. The van der Waals surface area contributed by atoms with Crippen LogP contribution < -0.4 is 0 Å². The second-order valence-corrected chi connectivity index (χ2v) is 6.17. The molecule has 1 unspecified atom stereocenters. The van der Waals surface area contributed by atoms with Crippen molar-refractivity contribution >= 4 is 12.1 Å². The summed E-state index contributed by atoms with van der Waals surface area (Å²) in [4.78, 5) is 25.6. The third-order valence-electron chi connectivity index (χ3n) is 3.08. The average Bonchev–Trinajstić information content (AvgIpc) is 2.85. The quantitative estimate of drug-likeness (QED) is 0.444. The highest BCUT2D eigenvalue weighted by molar-refractivity contribution is 5.82. The molecule has 0 aliphatic carbocycles. The third-order valence-corrected chi connectivity index (χ3v) is 3.08. The highest BCUT2D eigenvalue weighted by atomic mass is 16.6. The fraction of sp³-hybridized carbons (Fsp3) is 0.750. The molecule has 1 aliphatic rings. The van der Waals surface area contributed by atoms with Gasteiger partial charge < -0.3 is 9.47 Å². The molecule has 0 N–H and O–H groups in total. The molecule has 1 amide bonds. The Morgan fingerprint density at radius 3 is 2.62 bits per heavy atom. The SMILES string of the molecule is CCC=CCCOC(=O)C1CCCN1C(=O)OC(C)(C)C. The molecule has 1 heterocycles. The molecule has 0 bridgehead atoms. The zero-order valence-corrected chi connectivity index (χ0v) is 13.6. The van der Waals surface area contributed by atoms with E-state index in [-0.39, 0.29) is 5.97 Å². The van der Waals surface area contributed by atoms with E-state index in [1.165, 1.54) is 4.90 Å². The van der Waals surface area contributed by atoms with Gasteiger partial charge in [0.25, 0.3) is 0 Å². The molecule has 0 aromatic rings. The van der Waals surface area contributed by atoms with Crippen LogP contribution in [-0.2, 0) is 14.3 Å². The molecule has 5 nitrogen and oxygen atoms in total. The zero-order chi connectivity index (χ0) is 15.9. The van der Waals surface area contributed by atoms with Gasteiger partial charge in [-0.15, -0.1) is 0 Å². The normalized spacial score (nSPS) is 19.0. The Bertz CT molecular complexity index is 384. The van der Waals surface area contributed by atoms with Crippen molar-refractivity contribution in [2.45, 2.75) is 65.0 Å². The fourth-order valence-electron chi connectivity index (χ4n) is 2.16. The molecule has 1 aliphatic heterocycles. The summed E-state index contributed by atoms with van der Waals surface area (Å²) in [5, 5.41) is 0. The van der Waals surface area contributed by atoms with E-state index in [4.69, 9.17) is 9.47 Å². The Morgan fingerprint density at radius 2 is 2.00 bits per heavy atom. The van der Waals surface area contributed by atoms with Gasteiger partial charge in [-0.25, -0.2) is 9.59 Å². The number of allylic oxidation sites excluding steroid dienone is 1. The van der Waals surface area contributed by atoms with Gasteiger partial charge in [-0.1, -0.05) is 19.1 Å². The molecule has 1 saturated heterocycles. The molecule has 0 aromatic heterocycles. The molecule has 1 atom stereocenters. The molecular weight excluding hydrogens is 270 g/mol. The first-order chi connectivity index (χ1) is 9.85. The topological polar surface area (TPSA) is 55.8 Å². The molecule has 21 heavy (non-hydrogen) atoms. The number of carbonyl (C=O) groups is 2. The van der Waals surface area contributed by atoms with Crippen molar-refractivity contribution in [3.8, 4) is 0 Å². The van der Waals surface area contributed by atoms with Gasteiger partial charge in [0.1, 0.15) is 11.6 Å². The largest absolute Gasteiger partial charge is 0.464 e. The lowest BCUT2D eigenvalue weighted by Gasteiger charge is -2.27. The maximum absolute atomic E-state index is 12.1. The van der Waals surface area contributed by atoms with Crippen LogP contribution >= 0.6 is 0 Å². The predicted molar refractivity (Wildman–Crippen MR) is 81.0 cm³/mol. The molecule has 0 radical (unpaired) electrons. The first-order valence-electron chi connectivity index (χ1n) is 7.66. The van der Waals surface area contributed by atoms with Crippen molar-refractivity contribution in [1.29, 1.82) is 0 Å². The minimum atomic E-state index is -0.556. The lowest BCUT2D eigenvalue weighted by Crippen LogP contribution is -2.44. The Hall–Kier alpha value is -1.52. The smallest absolute Gasteiger partial charge is 0.411 e. The van der Waals surface area contributed by atoms with Crippen LogP contribution in [0.15, 0.2) is 12.2 Å². The number of likely N-dealkylation sites (tertiary alicyclic amines) is 1. The van der Waals surface area contributed by atoms with Crippen LogP contribution in [0.25, 0.3) is 0 Å². The summed E-state index contributed by atoms with van der Waals surface area (Å²) in [6.07, 6.45) is 6.72. The van der Waals surface area contributed by atoms with Crippen LogP contribution in [0, 0.1) is 0 Å². The second-order valence-electron chi connectivity index (χ2n) is 6.17. The molecule has 0 spiro atoms. The van der Waals surface area contributed by atoms with Crippen molar-refractivity contribution in [1.82, 2.24) is 4.90 Å². The second kappa shape index (κ2) is 8.05. The van der Waals surface area contributed by atoms with E-state index in [0.29, 0.717) is 26.0 Å². The first-order valence-corrected chi connectivity index (χ1v) is 7.66. The fourth-order valence-corrected chi connectivity index (χ4v) is 2.16. The number of nitrogens with zero attached hydrogens (tertiary/aromatic N) is 1. The average molecular weight is 297 g/mol. The number of amides is 1. The third kappa shape index (κ3) is 6.19. The van der Waals surface area contributed by atoms with Gasteiger partial charge in [0.15, 0.2) is 0 Å². The standard InChI is InChI=1S/C16H27NO4/c1-5-6-7-8-12-20-14(18)13-10-9-11-17(13)15(19)21-16(2,3)4/h6-7,13H,5,8-12H2,1-4H3. The number of esters is 1. The zero-order valence-electron chi connectivity index (χ0n) is 13.6. The molecule has 120 valence electrons. The Kier molecular flexibility index (Phi) is 6.72. The molecule has 5 heteroatoms. The summed E-state index contributed by atoms with van der Waals surface area (Å²) in [5.41, 5.74) is -0.556. The Labute approximate surface area is 127 Å². The summed E-state index contributed by atoms with van der Waals surface area (Å²) in [6.45, 7) is 8.40. The van der Waals surface area contributed by atoms with Crippen LogP contribution in [0.3, 0.4) is 0 Å². The summed E-state index contributed by atoms with van der Waals surface area (Å²) >= 11 is 0. The highest BCUT2D eigenvalue weighted by Gasteiger charge is 2.37. The van der Waals surface area contributed by atoms with Gasteiger partial charge in [-0.3, -0.25) is 4.90 Å². The van der Waals surface area contributed by atoms with Crippen molar-refractivity contribution in [2.24, 2.45) is 0 Å². The first kappa shape index (κ1) is 17.5. The van der Waals surface area contributed by atoms with E-state index in [1.54, 1.807) is 0 Å². The lowest BCUT2D eigenvalue weighted by atomic mass is 10.2. The predicted octanol–water partition coefficient (Wildman–Crippen LogP) is 3.29. The summed E-state index contributed by atoms with van der Waals surface area (Å²) < 4.78 is 10.6. The summed E-state index contributed by atoms with van der Waals surface area (Å²) in [6, 6.07) is -0.505. The number of hydrogen-bond donors (Lipinski definition) is 0. The van der Waals surface area contributed by atoms with Gasteiger partial charge in [0.05, 0.1) is 6.61 Å². The van der Waals surface area contributed by atoms with Crippen molar-refractivity contribution in [2.75, 3.05) is 13.2 Å². The Morgan fingerprint density at radius 1 is 1.29 bits per heavy atom. The van der Waals surface area contributed by atoms with Crippen molar-refractivity contribution < 1.29 is 19.1 Å². The van der Waals surface area contributed by atoms with Gasteiger partial charge in [-0.05, 0) is 46.5 Å². The van der Waals surface area contributed by atoms with Crippen LogP contribution in [0.1, 0.15) is 53.4 Å². The minimum absolute atomic E-state index is 0.330. The summed E-state index contributed by atoms with van der Waals surface area (Å²) in [7, 11) is 0. The summed E-state index contributed by atoms with van der Waals surface area (Å²) in [5.74, 6) is -0.330. The number of ether oxygens (including phenoxy) is 2. The molecular formula is C16H27NO4. The number of hydrogen-bond acceptors (Lipinski definition) is 4. The van der Waals surface area contributed by atoms with E-state index in [1.807, 2.05) is 32.9 Å². The monoisotopic (exact) mass is 297 g/mol. The van der Waals surface area contributed by atoms with Gasteiger partial charge in [0, 0.05) is 6.54 Å². The van der Waals surface area contributed by atoms with Gasteiger partial charge in [-0.2, -0.15) is 0 Å². The molecule has 0 saturated carbocycles.